The zero-order chi connectivity index (χ0) is 11.4. The summed E-state index contributed by atoms with van der Waals surface area (Å²) in [5, 5.41) is 11.0. The number of carboxylic acid groups (broad SMARTS) is 1. The number of aryl methyl sites for hydroxylation is 1. The second-order valence-corrected chi connectivity index (χ2v) is 3.21. The summed E-state index contributed by atoms with van der Waals surface area (Å²) in [6.07, 6.45) is 1.78. The highest BCUT2D eigenvalue weighted by atomic mass is 16.4. The predicted molar refractivity (Wildman–Crippen MR) is 54.7 cm³/mol. The van der Waals surface area contributed by atoms with E-state index in [1.807, 2.05) is 6.92 Å². The fraction of sp³-hybridized carbons (Fsp3) is 0.400. The smallest absolute Gasteiger partial charge is 0.325 e. The number of carbonyl (C=O) groups excluding carboxylic acids is 1. The molecule has 0 aromatic carbocycles. The Labute approximate surface area is 87.7 Å². The van der Waals surface area contributed by atoms with Crippen LogP contribution in [0.15, 0.2) is 18.3 Å². The topological polar surface area (TPSA) is 71.3 Å². The average molecular weight is 210 g/mol. The Kier molecular flexibility index (Phi) is 3.49. The van der Waals surface area contributed by atoms with Crippen LogP contribution in [0.3, 0.4) is 0 Å². The molecule has 0 aliphatic heterocycles. The van der Waals surface area contributed by atoms with Crippen LogP contribution in [0.1, 0.15) is 24.3 Å². The number of hydrogen-bond donors (Lipinski definition) is 2. The molecule has 0 saturated heterocycles. The Morgan fingerprint density at radius 1 is 1.60 bits per heavy atom. The maximum Gasteiger partial charge on any atom is 0.325 e. The van der Waals surface area contributed by atoms with Crippen molar-refractivity contribution in [1.82, 2.24) is 9.88 Å². The Bertz CT molecular complexity index is 370. The van der Waals surface area contributed by atoms with E-state index in [1.54, 1.807) is 22.9 Å². The van der Waals surface area contributed by atoms with E-state index in [1.165, 1.54) is 6.92 Å². The lowest BCUT2D eigenvalue weighted by molar-refractivity contribution is -0.138. The van der Waals surface area contributed by atoms with Gasteiger partial charge in [0.2, 0.25) is 0 Å². The molecule has 0 bridgehead atoms. The second-order valence-electron chi connectivity index (χ2n) is 3.21. The predicted octanol–water partition coefficient (Wildman–Crippen LogP) is 0.711. The van der Waals surface area contributed by atoms with E-state index in [4.69, 9.17) is 5.11 Å². The zero-order valence-electron chi connectivity index (χ0n) is 8.73. The number of amides is 1. The lowest BCUT2D eigenvalue weighted by atomic mass is 10.3. The summed E-state index contributed by atoms with van der Waals surface area (Å²) in [4.78, 5) is 22.1. The number of carbonyl (C=O) groups is 2. The SMILES string of the molecule is CCn1cccc1C(=O)N[C@@H](C)C(=O)O. The maximum atomic E-state index is 11.6. The number of carboxylic acids is 1. The summed E-state index contributed by atoms with van der Waals surface area (Å²) in [7, 11) is 0. The van der Waals surface area contributed by atoms with Crippen LogP contribution in [-0.2, 0) is 11.3 Å². The number of aliphatic carboxylic acids is 1. The van der Waals surface area contributed by atoms with Crippen molar-refractivity contribution in [2.24, 2.45) is 0 Å². The summed E-state index contributed by atoms with van der Waals surface area (Å²) < 4.78 is 1.75. The molecule has 0 spiro atoms. The molecular weight excluding hydrogens is 196 g/mol. The van der Waals surface area contributed by atoms with E-state index < -0.39 is 12.0 Å². The lowest BCUT2D eigenvalue weighted by Crippen LogP contribution is -2.39. The van der Waals surface area contributed by atoms with Crippen LogP contribution in [0, 0.1) is 0 Å². The molecule has 1 amide bonds. The number of nitrogens with zero attached hydrogens (tertiary/aromatic N) is 1. The van der Waals surface area contributed by atoms with Crippen LogP contribution in [0.5, 0.6) is 0 Å². The third-order valence-electron chi connectivity index (χ3n) is 2.12. The molecule has 0 unspecified atom stereocenters. The summed E-state index contributed by atoms with van der Waals surface area (Å²) in [6.45, 7) is 4.02. The molecule has 82 valence electrons. The summed E-state index contributed by atoms with van der Waals surface area (Å²) in [5.74, 6) is -1.41. The van der Waals surface area contributed by atoms with Crippen molar-refractivity contribution in [3.63, 3.8) is 0 Å². The van der Waals surface area contributed by atoms with Gasteiger partial charge in [0.15, 0.2) is 0 Å². The van der Waals surface area contributed by atoms with Gasteiger partial charge >= 0.3 is 5.97 Å². The first-order chi connectivity index (χ1) is 7.06. The lowest BCUT2D eigenvalue weighted by Gasteiger charge is -2.10. The minimum atomic E-state index is -1.04. The molecule has 0 aliphatic rings. The van der Waals surface area contributed by atoms with Crippen LogP contribution >= 0.6 is 0 Å². The van der Waals surface area contributed by atoms with E-state index >= 15 is 0 Å². The molecular formula is C10H14N2O3. The molecule has 5 nitrogen and oxygen atoms in total. The summed E-state index contributed by atoms with van der Waals surface area (Å²) in [6, 6.07) is 2.54. The number of aromatic nitrogens is 1. The largest absolute Gasteiger partial charge is 0.480 e. The van der Waals surface area contributed by atoms with Crippen molar-refractivity contribution in [2.45, 2.75) is 26.4 Å². The molecule has 0 saturated carbocycles. The van der Waals surface area contributed by atoms with Crippen molar-refractivity contribution in [3.8, 4) is 0 Å². The monoisotopic (exact) mass is 210 g/mol. The molecule has 1 aromatic rings. The standard InChI is InChI=1S/C10H14N2O3/c1-3-12-6-4-5-8(12)9(13)11-7(2)10(14)15/h4-7H,3H2,1-2H3,(H,11,13)(H,14,15)/t7-/m0/s1. The molecule has 0 fully saturated rings. The van der Waals surface area contributed by atoms with Crippen LogP contribution in [0.2, 0.25) is 0 Å². The van der Waals surface area contributed by atoms with Gasteiger partial charge in [-0.1, -0.05) is 0 Å². The van der Waals surface area contributed by atoms with Gasteiger partial charge in [-0.25, -0.2) is 0 Å². The fourth-order valence-electron chi connectivity index (χ4n) is 1.23. The normalized spacial score (nSPS) is 12.1. The number of rotatable bonds is 4. The van der Waals surface area contributed by atoms with E-state index in [0.29, 0.717) is 12.2 Å². The molecule has 1 heterocycles. The van der Waals surface area contributed by atoms with Gasteiger partial charge in [-0.05, 0) is 26.0 Å². The van der Waals surface area contributed by atoms with Crippen molar-refractivity contribution in [2.75, 3.05) is 0 Å². The first-order valence-corrected chi connectivity index (χ1v) is 4.75. The molecule has 1 rings (SSSR count). The highest BCUT2D eigenvalue weighted by Crippen LogP contribution is 2.02. The summed E-state index contributed by atoms with van der Waals surface area (Å²) >= 11 is 0. The molecule has 15 heavy (non-hydrogen) atoms. The van der Waals surface area contributed by atoms with Gasteiger partial charge in [-0.15, -0.1) is 0 Å². The zero-order valence-corrected chi connectivity index (χ0v) is 8.73. The van der Waals surface area contributed by atoms with E-state index in [2.05, 4.69) is 5.32 Å². The minimum Gasteiger partial charge on any atom is -0.480 e. The summed E-state index contributed by atoms with van der Waals surface area (Å²) in [5.41, 5.74) is 0.477. The van der Waals surface area contributed by atoms with Gasteiger partial charge < -0.3 is 15.0 Å². The van der Waals surface area contributed by atoms with Crippen LogP contribution in [0.25, 0.3) is 0 Å². The minimum absolute atomic E-state index is 0.364. The molecule has 1 atom stereocenters. The molecule has 1 aromatic heterocycles. The van der Waals surface area contributed by atoms with Crippen molar-refractivity contribution in [3.05, 3.63) is 24.0 Å². The highest BCUT2D eigenvalue weighted by Gasteiger charge is 2.16. The van der Waals surface area contributed by atoms with E-state index in [-0.39, 0.29) is 5.91 Å². The quantitative estimate of drug-likeness (QED) is 0.768. The Morgan fingerprint density at radius 3 is 2.80 bits per heavy atom. The number of nitrogens with one attached hydrogen (secondary N) is 1. The van der Waals surface area contributed by atoms with Crippen molar-refractivity contribution < 1.29 is 14.7 Å². The highest BCUT2D eigenvalue weighted by molar-refractivity contribution is 5.95. The molecule has 5 heteroatoms. The van der Waals surface area contributed by atoms with Crippen molar-refractivity contribution in [1.29, 1.82) is 0 Å². The Balaban J connectivity index is 2.73. The Hall–Kier alpha value is -1.78. The van der Waals surface area contributed by atoms with Crippen molar-refractivity contribution >= 4 is 11.9 Å². The van der Waals surface area contributed by atoms with Gasteiger partial charge in [0, 0.05) is 12.7 Å². The molecule has 0 radical (unpaired) electrons. The van der Waals surface area contributed by atoms with Gasteiger partial charge in [0.05, 0.1) is 0 Å². The maximum absolute atomic E-state index is 11.6. The third kappa shape index (κ3) is 2.59. The Morgan fingerprint density at radius 2 is 2.27 bits per heavy atom. The third-order valence-corrected chi connectivity index (χ3v) is 2.12. The first-order valence-electron chi connectivity index (χ1n) is 4.75. The number of hydrogen-bond acceptors (Lipinski definition) is 2. The van der Waals surface area contributed by atoms with E-state index in [0.717, 1.165) is 0 Å². The molecule has 0 aliphatic carbocycles. The van der Waals surface area contributed by atoms with Gasteiger partial charge in [0.1, 0.15) is 11.7 Å². The molecule has 2 N–H and O–H groups in total. The first kappa shape index (κ1) is 11.3. The van der Waals surface area contributed by atoms with E-state index in [9.17, 15) is 9.59 Å². The van der Waals surface area contributed by atoms with Crippen LogP contribution in [0.4, 0.5) is 0 Å². The van der Waals surface area contributed by atoms with Gasteiger partial charge in [-0.3, -0.25) is 9.59 Å². The second kappa shape index (κ2) is 4.63. The fourth-order valence-corrected chi connectivity index (χ4v) is 1.23. The average Bonchev–Trinajstić information content (AvgIpc) is 2.64. The van der Waals surface area contributed by atoms with Gasteiger partial charge in [-0.2, -0.15) is 0 Å². The van der Waals surface area contributed by atoms with Crippen LogP contribution in [-0.4, -0.2) is 27.6 Å². The van der Waals surface area contributed by atoms with Crippen LogP contribution < -0.4 is 5.32 Å². The van der Waals surface area contributed by atoms with Gasteiger partial charge in [0.25, 0.3) is 5.91 Å².